The number of ether oxygens (including phenoxy) is 2. The Morgan fingerprint density at radius 2 is 1.75 bits per heavy atom. The van der Waals surface area contributed by atoms with Gasteiger partial charge in [0.25, 0.3) is 0 Å². The number of hydrogen-bond acceptors (Lipinski definition) is 4. The summed E-state index contributed by atoms with van der Waals surface area (Å²) in [4.78, 5) is 5.05. The predicted molar refractivity (Wildman–Crippen MR) is 62.2 cm³/mol. The molecule has 0 aromatic heterocycles. The number of hydrogen-bond donors (Lipinski definition) is 0. The normalized spacial score (nSPS) is 11.2. The van der Waals surface area contributed by atoms with E-state index in [4.69, 9.17) is 14.3 Å². The fourth-order valence-corrected chi connectivity index (χ4v) is 1.06. The van der Waals surface area contributed by atoms with E-state index in [0.29, 0.717) is 13.2 Å². The van der Waals surface area contributed by atoms with Gasteiger partial charge in [-0.05, 0) is 19.4 Å². The molecule has 4 nitrogen and oxygen atoms in total. The van der Waals surface area contributed by atoms with Gasteiger partial charge >= 0.3 is 6.48 Å². The molecule has 0 atom stereocenters. The lowest BCUT2D eigenvalue weighted by Crippen LogP contribution is -2.18. The molecule has 0 unspecified atom stereocenters. The summed E-state index contributed by atoms with van der Waals surface area (Å²) >= 11 is 0. The van der Waals surface area contributed by atoms with E-state index in [2.05, 4.69) is 5.16 Å². The maximum atomic E-state index is 5.16. The van der Waals surface area contributed by atoms with Crippen LogP contribution in [0.25, 0.3) is 0 Å². The summed E-state index contributed by atoms with van der Waals surface area (Å²) in [6.07, 6.45) is 1.62. The van der Waals surface area contributed by atoms with Crippen LogP contribution in [0.1, 0.15) is 19.4 Å². The first kappa shape index (κ1) is 12.7. The van der Waals surface area contributed by atoms with Crippen molar-refractivity contribution in [3.05, 3.63) is 35.9 Å². The highest BCUT2D eigenvalue weighted by Crippen LogP contribution is 1.99. The average molecular weight is 223 g/mol. The lowest BCUT2D eigenvalue weighted by Gasteiger charge is -2.13. The molecule has 0 aliphatic rings. The van der Waals surface area contributed by atoms with Crippen LogP contribution in [-0.4, -0.2) is 25.9 Å². The van der Waals surface area contributed by atoms with E-state index in [1.165, 1.54) is 0 Å². The maximum absolute atomic E-state index is 5.16. The van der Waals surface area contributed by atoms with E-state index in [-0.39, 0.29) is 0 Å². The van der Waals surface area contributed by atoms with Crippen molar-refractivity contribution in [3.63, 3.8) is 0 Å². The van der Waals surface area contributed by atoms with E-state index in [9.17, 15) is 0 Å². The van der Waals surface area contributed by atoms with Crippen LogP contribution in [-0.2, 0) is 14.3 Å². The minimum Gasteiger partial charge on any atom is -0.335 e. The zero-order valence-corrected chi connectivity index (χ0v) is 9.63. The molecule has 0 saturated heterocycles. The highest BCUT2D eigenvalue weighted by atomic mass is 16.9. The first-order chi connectivity index (χ1) is 7.86. The van der Waals surface area contributed by atoms with Gasteiger partial charge in [0.15, 0.2) is 0 Å². The summed E-state index contributed by atoms with van der Waals surface area (Å²) in [7, 11) is 0. The third kappa shape index (κ3) is 4.91. The molecule has 0 saturated carbocycles. The summed E-state index contributed by atoms with van der Waals surface area (Å²) in [5.74, 6) is 0. The largest absolute Gasteiger partial charge is 0.339 e. The van der Waals surface area contributed by atoms with Crippen LogP contribution in [0, 0.1) is 0 Å². The first-order valence-corrected chi connectivity index (χ1v) is 5.34. The fourth-order valence-electron chi connectivity index (χ4n) is 1.06. The highest BCUT2D eigenvalue weighted by Gasteiger charge is 2.06. The lowest BCUT2D eigenvalue weighted by atomic mass is 10.2. The molecule has 0 spiro atoms. The molecule has 1 rings (SSSR count). The Morgan fingerprint density at radius 1 is 1.12 bits per heavy atom. The van der Waals surface area contributed by atoms with Gasteiger partial charge in [0.1, 0.15) is 0 Å². The van der Waals surface area contributed by atoms with Crippen molar-refractivity contribution in [1.82, 2.24) is 0 Å². The van der Waals surface area contributed by atoms with Gasteiger partial charge < -0.3 is 14.3 Å². The molecule has 0 aliphatic heterocycles. The Labute approximate surface area is 95.8 Å². The second-order valence-corrected chi connectivity index (χ2v) is 2.95. The van der Waals surface area contributed by atoms with Gasteiger partial charge in [-0.3, -0.25) is 0 Å². The van der Waals surface area contributed by atoms with Gasteiger partial charge in [-0.25, -0.2) is 0 Å². The van der Waals surface area contributed by atoms with E-state index >= 15 is 0 Å². The highest BCUT2D eigenvalue weighted by molar-refractivity contribution is 5.78. The van der Waals surface area contributed by atoms with Crippen LogP contribution >= 0.6 is 0 Å². The third-order valence-electron chi connectivity index (χ3n) is 1.75. The second-order valence-electron chi connectivity index (χ2n) is 2.95. The number of rotatable bonds is 7. The van der Waals surface area contributed by atoms with Gasteiger partial charge in [-0.2, -0.15) is 0 Å². The Hall–Kier alpha value is -1.39. The van der Waals surface area contributed by atoms with Crippen molar-refractivity contribution in [1.29, 1.82) is 0 Å². The summed E-state index contributed by atoms with van der Waals surface area (Å²) in [5.41, 5.74) is 0.967. The lowest BCUT2D eigenvalue weighted by molar-refractivity contribution is -0.285. The SMILES string of the molecule is CCOC(OCC)O/N=C\c1ccccc1. The van der Waals surface area contributed by atoms with Crippen LogP contribution < -0.4 is 0 Å². The van der Waals surface area contributed by atoms with Crippen molar-refractivity contribution in [3.8, 4) is 0 Å². The van der Waals surface area contributed by atoms with Crippen LogP contribution in [0.3, 0.4) is 0 Å². The van der Waals surface area contributed by atoms with Crippen molar-refractivity contribution in [2.24, 2.45) is 5.16 Å². The van der Waals surface area contributed by atoms with Crippen LogP contribution in [0.5, 0.6) is 0 Å². The fraction of sp³-hybridized carbons (Fsp3) is 0.417. The Balaban J connectivity index is 2.39. The maximum Gasteiger partial charge on any atom is 0.339 e. The third-order valence-corrected chi connectivity index (χ3v) is 1.75. The average Bonchev–Trinajstić information content (AvgIpc) is 2.31. The number of benzene rings is 1. The van der Waals surface area contributed by atoms with Gasteiger partial charge in [-0.15, -0.1) is 0 Å². The van der Waals surface area contributed by atoms with Crippen molar-refractivity contribution >= 4 is 6.21 Å². The first-order valence-electron chi connectivity index (χ1n) is 5.34. The smallest absolute Gasteiger partial charge is 0.335 e. The summed E-state index contributed by atoms with van der Waals surface area (Å²) in [6, 6.07) is 9.68. The molecule has 0 radical (unpaired) electrons. The van der Waals surface area contributed by atoms with E-state index in [1.807, 2.05) is 44.2 Å². The standard InChI is InChI=1S/C12H17NO3/c1-3-14-12(15-4-2)16-13-10-11-8-6-5-7-9-11/h5-10,12H,3-4H2,1-2H3/b13-10-. The summed E-state index contributed by atoms with van der Waals surface area (Å²) < 4.78 is 10.3. The monoisotopic (exact) mass is 223 g/mol. The van der Waals surface area contributed by atoms with Crippen LogP contribution in [0.15, 0.2) is 35.5 Å². The summed E-state index contributed by atoms with van der Waals surface area (Å²) in [5, 5.41) is 3.80. The molecule has 0 aliphatic carbocycles. The second kappa shape index (κ2) is 7.84. The zero-order valence-electron chi connectivity index (χ0n) is 9.63. The molecule has 4 heteroatoms. The van der Waals surface area contributed by atoms with E-state index < -0.39 is 6.48 Å². The molecular weight excluding hydrogens is 206 g/mol. The van der Waals surface area contributed by atoms with Gasteiger partial charge in [0, 0.05) is 0 Å². The van der Waals surface area contributed by atoms with Crippen molar-refractivity contribution in [2.75, 3.05) is 13.2 Å². The van der Waals surface area contributed by atoms with Crippen molar-refractivity contribution in [2.45, 2.75) is 20.3 Å². The Kier molecular flexibility index (Phi) is 6.22. The Bertz CT molecular complexity index is 294. The van der Waals surface area contributed by atoms with E-state index in [1.54, 1.807) is 6.21 Å². The predicted octanol–water partition coefficient (Wildman–Crippen LogP) is 2.39. The minimum absolute atomic E-state index is 0.519. The number of oxime groups is 1. The Morgan fingerprint density at radius 3 is 2.31 bits per heavy atom. The molecule has 88 valence electrons. The molecule has 0 N–H and O–H groups in total. The van der Waals surface area contributed by atoms with E-state index in [0.717, 1.165) is 5.56 Å². The molecule has 0 bridgehead atoms. The molecular formula is C12H17NO3. The van der Waals surface area contributed by atoms with Crippen LogP contribution in [0.2, 0.25) is 0 Å². The molecule has 1 aromatic rings. The van der Waals surface area contributed by atoms with Gasteiger partial charge in [-0.1, -0.05) is 35.5 Å². The summed E-state index contributed by atoms with van der Waals surface area (Å²) in [6.45, 7) is 4.05. The zero-order chi connectivity index (χ0) is 11.6. The molecule has 0 amide bonds. The molecule has 16 heavy (non-hydrogen) atoms. The number of nitrogens with zero attached hydrogens (tertiary/aromatic N) is 1. The molecule has 1 aromatic carbocycles. The van der Waals surface area contributed by atoms with Crippen LogP contribution in [0.4, 0.5) is 0 Å². The van der Waals surface area contributed by atoms with Gasteiger partial charge in [0.05, 0.1) is 19.4 Å². The van der Waals surface area contributed by atoms with Crippen molar-refractivity contribution < 1.29 is 14.3 Å². The minimum atomic E-state index is -0.727. The quantitative estimate of drug-likeness (QED) is 0.405. The molecule has 0 heterocycles. The topological polar surface area (TPSA) is 40.0 Å². The van der Waals surface area contributed by atoms with Gasteiger partial charge in [0.2, 0.25) is 0 Å². The molecule has 0 fully saturated rings.